The number of halogens is 1. The molecule has 112 valence electrons. The quantitative estimate of drug-likeness (QED) is 0.891. The third kappa shape index (κ3) is 3.64. The Kier molecular flexibility index (Phi) is 5.27. The molecule has 0 saturated carbocycles. The Morgan fingerprint density at radius 2 is 2.25 bits per heavy atom. The molecule has 0 radical (unpaired) electrons. The van der Waals surface area contributed by atoms with E-state index in [4.69, 9.17) is 11.6 Å². The Labute approximate surface area is 126 Å². The number of benzene rings is 1. The van der Waals surface area contributed by atoms with Gasteiger partial charge in [-0.25, -0.2) is 0 Å². The lowest BCUT2D eigenvalue weighted by Gasteiger charge is -2.41. The van der Waals surface area contributed by atoms with Gasteiger partial charge in [0.05, 0.1) is 5.02 Å². The summed E-state index contributed by atoms with van der Waals surface area (Å²) in [5.41, 5.74) is 1.16. The number of phenols is 1. The maximum Gasteiger partial charge on any atom is 0.134 e. The van der Waals surface area contributed by atoms with Crippen molar-refractivity contribution in [1.29, 1.82) is 0 Å². The highest BCUT2D eigenvalue weighted by atomic mass is 35.5. The van der Waals surface area contributed by atoms with Gasteiger partial charge in [0.1, 0.15) is 5.75 Å². The summed E-state index contributed by atoms with van der Waals surface area (Å²) in [6.45, 7) is 6.23. The average Bonchev–Trinajstić information content (AvgIpc) is 2.40. The van der Waals surface area contributed by atoms with Crippen LogP contribution < -0.4 is 5.32 Å². The van der Waals surface area contributed by atoms with Gasteiger partial charge in [-0.05, 0) is 38.7 Å². The van der Waals surface area contributed by atoms with Crippen molar-refractivity contribution < 1.29 is 5.11 Å². The van der Waals surface area contributed by atoms with E-state index in [-0.39, 0.29) is 5.75 Å². The largest absolute Gasteiger partial charge is 0.506 e. The smallest absolute Gasteiger partial charge is 0.134 e. The van der Waals surface area contributed by atoms with Crippen molar-refractivity contribution in [2.24, 2.45) is 0 Å². The van der Waals surface area contributed by atoms with Crippen molar-refractivity contribution in [1.82, 2.24) is 15.1 Å². The second kappa shape index (κ2) is 6.76. The minimum absolute atomic E-state index is 0.146. The van der Waals surface area contributed by atoms with Crippen molar-refractivity contribution in [2.45, 2.75) is 19.0 Å². The molecule has 1 heterocycles. The Morgan fingerprint density at radius 1 is 1.50 bits per heavy atom. The molecule has 1 aliphatic heterocycles. The fraction of sp³-hybridized carbons (Fsp3) is 0.600. The summed E-state index contributed by atoms with van der Waals surface area (Å²) in [5, 5.41) is 13.5. The Bertz CT molecular complexity index is 453. The molecule has 1 saturated heterocycles. The SMILES string of the molecule is CC1CNCCN1C(CN(C)C)c1ccc(O)c(Cl)c1. The fourth-order valence-electron chi connectivity index (χ4n) is 2.80. The molecule has 4 nitrogen and oxygen atoms in total. The van der Waals surface area contributed by atoms with Crippen LogP contribution in [-0.2, 0) is 0 Å². The summed E-state index contributed by atoms with van der Waals surface area (Å²) in [6, 6.07) is 6.33. The standard InChI is InChI=1S/C15H24ClN3O/c1-11-9-17-6-7-19(11)14(10-18(2)3)12-4-5-15(20)13(16)8-12/h4-5,8,11,14,17,20H,6-7,9-10H2,1-3H3. The molecule has 20 heavy (non-hydrogen) atoms. The van der Waals surface area contributed by atoms with E-state index >= 15 is 0 Å². The highest BCUT2D eigenvalue weighted by Crippen LogP contribution is 2.30. The Morgan fingerprint density at radius 3 is 2.85 bits per heavy atom. The van der Waals surface area contributed by atoms with Crippen LogP contribution in [0.4, 0.5) is 0 Å². The second-order valence-electron chi connectivity index (χ2n) is 5.78. The predicted molar refractivity (Wildman–Crippen MR) is 83.4 cm³/mol. The van der Waals surface area contributed by atoms with E-state index in [2.05, 4.69) is 36.1 Å². The molecule has 0 bridgehead atoms. The number of likely N-dealkylation sites (N-methyl/N-ethyl adjacent to an activating group) is 1. The number of aromatic hydroxyl groups is 1. The van der Waals surface area contributed by atoms with Crippen LogP contribution in [0.15, 0.2) is 18.2 Å². The van der Waals surface area contributed by atoms with Crippen molar-refractivity contribution >= 4 is 11.6 Å². The molecule has 2 N–H and O–H groups in total. The van der Waals surface area contributed by atoms with Gasteiger partial charge in [0, 0.05) is 38.3 Å². The van der Waals surface area contributed by atoms with E-state index in [0.29, 0.717) is 17.1 Å². The molecular weight excluding hydrogens is 274 g/mol. The monoisotopic (exact) mass is 297 g/mol. The number of hydrogen-bond donors (Lipinski definition) is 2. The predicted octanol–water partition coefficient (Wildman–Crippen LogP) is 1.94. The molecule has 2 atom stereocenters. The third-order valence-corrected chi connectivity index (χ3v) is 4.15. The molecular formula is C15H24ClN3O. The minimum Gasteiger partial charge on any atom is -0.506 e. The Balaban J connectivity index is 2.28. The van der Waals surface area contributed by atoms with Crippen LogP contribution in [0.2, 0.25) is 5.02 Å². The van der Waals surface area contributed by atoms with Gasteiger partial charge in [0.15, 0.2) is 0 Å². The van der Waals surface area contributed by atoms with Crippen molar-refractivity contribution in [3.05, 3.63) is 28.8 Å². The van der Waals surface area contributed by atoms with Gasteiger partial charge in [0.25, 0.3) is 0 Å². The van der Waals surface area contributed by atoms with Gasteiger partial charge in [-0.15, -0.1) is 0 Å². The molecule has 0 aliphatic carbocycles. The van der Waals surface area contributed by atoms with E-state index in [1.54, 1.807) is 6.07 Å². The molecule has 1 aromatic rings. The van der Waals surface area contributed by atoms with Crippen molar-refractivity contribution in [2.75, 3.05) is 40.3 Å². The first-order chi connectivity index (χ1) is 9.49. The first-order valence-electron chi connectivity index (χ1n) is 7.08. The fourth-order valence-corrected chi connectivity index (χ4v) is 2.99. The van der Waals surface area contributed by atoms with Gasteiger partial charge < -0.3 is 15.3 Å². The number of hydrogen-bond acceptors (Lipinski definition) is 4. The lowest BCUT2D eigenvalue weighted by molar-refractivity contribution is 0.0968. The number of nitrogens with zero attached hydrogens (tertiary/aromatic N) is 2. The number of piperazine rings is 1. The van der Waals surface area contributed by atoms with E-state index < -0.39 is 0 Å². The first kappa shape index (κ1) is 15.6. The van der Waals surface area contributed by atoms with Crippen LogP contribution in [-0.4, -0.2) is 61.2 Å². The molecule has 0 spiro atoms. The van der Waals surface area contributed by atoms with Gasteiger partial charge in [-0.3, -0.25) is 4.90 Å². The molecule has 5 heteroatoms. The summed E-state index contributed by atoms with van der Waals surface area (Å²) in [4.78, 5) is 4.71. The molecule has 1 aromatic carbocycles. The summed E-state index contributed by atoms with van der Waals surface area (Å²) in [6.07, 6.45) is 0. The molecule has 1 fully saturated rings. The third-order valence-electron chi connectivity index (χ3n) is 3.85. The lowest BCUT2D eigenvalue weighted by Crippen LogP contribution is -2.52. The van der Waals surface area contributed by atoms with E-state index in [9.17, 15) is 5.11 Å². The Hall–Kier alpha value is -0.810. The summed E-state index contributed by atoms with van der Waals surface area (Å²) in [5.74, 6) is 0.146. The van der Waals surface area contributed by atoms with Crippen molar-refractivity contribution in [3.63, 3.8) is 0 Å². The number of nitrogens with one attached hydrogen (secondary N) is 1. The van der Waals surface area contributed by atoms with Gasteiger partial charge in [-0.1, -0.05) is 17.7 Å². The van der Waals surface area contributed by atoms with Crippen LogP contribution in [0.3, 0.4) is 0 Å². The van der Waals surface area contributed by atoms with Crippen molar-refractivity contribution in [3.8, 4) is 5.75 Å². The zero-order chi connectivity index (χ0) is 14.7. The zero-order valence-corrected chi connectivity index (χ0v) is 13.2. The van der Waals surface area contributed by atoms with Crippen LogP contribution >= 0.6 is 11.6 Å². The zero-order valence-electron chi connectivity index (χ0n) is 12.4. The molecule has 1 aliphatic rings. The molecule has 0 amide bonds. The molecule has 2 unspecified atom stereocenters. The van der Waals surface area contributed by atoms with E-state index in [1.165, 1.54) is 0 Å². The second-order valence-corrected chi connectivity index (χ2v) is 6.19. The maximum absolute atomic E-state index is 9.60. The maximum atomic E-state index is 9.60. The van der Waals surface area contributed by atoms with Crippen LogP contribution in [0, 0.1) is 0 Å². The highest BCUT2D eigenvalue weighted by molar-refractivity contribution is 6.32. The average molecular weight is 298 g/mol. The van der Waals surface area contributed by atoms with Crippen LogP contribution in [0.5, 0.6) is 5.75 Å². The molecule has 0 aromatic heterocycles. The normalized spacial score (nSPS) is 22.1. The van der Waals surface area contributed by atoms with E-state index in [1.807, 2.05) is 12.1 Å². The highest BCUT2D eigenvalue weighted by Gasteiger charge is 2.27. The van der Waals surface area contributed by atoms with E-state index in [0.717, 1.165) is 31.7 Å². The molecule has 2 rings (SSSR count). The van der Waals surface area contributed by atoms with Gasteiger partial charge in [0.2, 0.25) is 0 Å². The van der Waals surface area contributed by atoms with Crippen LogP contribution in [0.1, 0.15) is 18.5 Å². The van der Waals surface area contributed by atoms with Crippen LogP contribution in [0.25, 0.3) is 0 Å². The number of rotatable bonds is 4. The summed E-state index contributed by atoms with van der Waals surface area (Å²) >= 11 is 6.08. The van der Waals surface area contributed by atoms with Gasteiger partial charge in [-0.2, -0.15) is 0 Å². The summed E-state index contributed by atoms with van der Waals surface area (Å²) < 4.78 is 0. The summed E-state index contributed by atoms with van der Waals surface area (Å²) in [7, 11) is 4.17. The number of phenolic OH excluding ortho intramolecular Hbond substituents is 1. The lowest BCUT2D eigenvalue weighted by atomic mass is 10.0. The van der Waals surface area contributed by atoms with Gasteiger partial charge >= 0.3 is 0 Å². The topological polar surface area (TPSA) is 38.7 Å². The first-order valence-corrected chi connectivity index (χ1v) is 7.46. The minimum atomic E-state index is 0.146.